The van der Waals surface area contributed by atoms with Gasteiger partial charge in [-0.3, -0.25) is 14.9 Å². The zero-order valence-electron chi connectivity index (χ0n) is 18.1. The number of benzene rings is 2. The van der Waals surface area contributed by atoms with Crippen LogP contribution in [0.4, 0.5) is 10.1 Å². The number of sulfonamides is 1. The SMILES string of the molecule is Cc1c(C(=O)N2CCC(NS(=O)(=O)c3ccc(F)cc3)CC2)nnn1-c1cccc([N+](=O)[O-])c1. The van der Waals surface area contributed by atoms with Crippen LogP contribution in [0.15, 0.2) is 53.4 Å². The fourth-order valence-corrected chi connectivity index (χ4v) is 5.07. The summed E-state index contributed by atoms with van der Waals surface area (Å²) in [6.45, 7) is 2.26. The number of likely N-dealkylation sites (tertiary alicyclic amines) is 1. The Kier molecular flexibility index (Phi) is 6.39. The molecule has 0 spiro atoms. The number of halogens is 1. The van der Waals surface area contributed by atoms with E-state index in [1.165, 1.54) is 35.0 Å². The zero-order valence-corrected chi connectivity index (χ0v) is 18.9. The summed E-state index contributed by atoms with van der Waals surface area (Å²) in [6.07, 6.45) is 0.786. The van der Waals surface area contributed by atoms with Gasteiger partial charge >= 0.3 is 0 Å². The van der Waals surface area contributed by atoms with Crippen molar-refractivity contribution in [3.8, 4) is 5.69 Å². The number of piperidine rings is 1. The van der Waals surface area contributed by atoms with Crippen molar-refractivity contribution in [1.29, 1.82) is 0 Å². The third kappa shape index (κ3) is 4.79. The van der Waals surface area contributed by atoms with Crippen LogP contribution in [-0.2, 0) is 10.0 Å². The van der Waals surface area contributed by atoms with Gasteiger partial charge in [-0.2, -0.15) is 0 Å². The molecule has 178 valence electrons. The molecule has 1 fully saturated rings. The molecule has 1 aliphatic heterocycles. The van der Waals surface area contributed by atoms with Gasteiger partial charge in [-0.15, -0.1) is 5.10 Å². The van der Waals surface area contributed by atoms with Crippen molar-refractivity contribution in [1.82, 2.24) is 24.6 Å². The normalized spacial score (nSPS) is 14.8. The Bertz CT molecular complexity index is 1330. The van der Waals surface area contributed by atoms with Crippen LogP contribution in [0.2, 0.25) is 0 Å². The number of nitrogens with one attached hydrogen (secondary N) is 1. The molecule has 4 rings (SSSR count). The monoisotopic (exact) mass is 488 g/mol. The molecule has 2 aromatic carbocycles. The number of carbonyl (C=O) groups excluding carboxylic acids is 1. The van der Waals surface area contributed by atoms with Crippen LogP contribution < -0.4 is 4.72 Å². The van der Waals surface area contributed by atoms with E-state index in [0.717, 1.165) is 12.1 Å². The molecule has 34 heavy (non-hydrogen) atoms. The first-order chi connectivity index (χ1) is 16.2. The molecule has 0 radical (unpaired) electrons. The zero-order chi connectivity index (χ0) is 24.5. The summed E-state index contributed by atoms with van der Waals surface area (Å²) in [5.41, 5.74) is 0.860. The van der Waals surface area contributed by atoms with Gasteiger partial charge in [-0.25, -0.2) is 22.2 Å². The van der Waals surface area contributed by atoms with E-state index in [9.17, 15) is 27.7 Å². The Morgan fingerprint density at radius 3 is 2.50 bits per heavy atom. The summed E-state index contributed by atoms with van der Waals surface area (Å²) in [4.78, 5) is 25.1. The van der Waals surface area contributed by atoms with Gasteiger partial charge in [-0.1, -0.05) is 11.3 Å². The molecule has 0 unspecified atom stereocenters. The molecule has 0 aliphatic carbocycles. The van der Waals surface area contributed by atoms with E-state index in [0.29, 0.717) is 37.3 Å². The van der Waals surface area contributed by atoms with Crippen LogP contribution in [-0.4, -0.2) is 58.3 Å². The smallest absolute Gasteiger partial charge is 0.276 e. The van der Waals surface area contributed by atoms with Crippen LogP contribution in [0, 0.1) is 22.9 Å². The maximum absolute atomic E-state index is 13.1. The molecule has 1 saturated heterocycles. The van der Waals surface area contributed by atoms with Gasteiger partial charge in [0.15, 0.2) is 5.69 Å². The first kappa shape index (κ1) is 23.4. The second kappa shape index (κ2) is 9.27. The number of carbonyl (C=O) groups is 1. The van der Waals surface area contributed by atoms with Gasteiger partial charge in [0.1, 0.15) is 5.82 Å². The highest BCUT2D eigenvalue weighted by molar-refractivity contribution is 7.89. The lowest BCUT2D eigenvalue weighted by atomic mass is 10.1. The molecule has 1 aliphatic rings. The van der Waals surface area contributed by atoms with Crippen LogP contribution in [0.25, 0.3) is 5.69 Å². The molecular weight excluding hydrogens is 467 g/mol. The molecule has 3 aromatic rings. The predicted octanol–water partition coefficient (Wildman–Crippen LogP) is 2.21. The summed E-state index contributed by atoms with van der Waals surface area (Å²) < 4.78 is 42.1. The van der Waals surface area contributed by atoms with Crippen LogP contribution in [0.1, 0.15) is 29.0 Å². The van der Waals surface area contributed by atoms with Crippen molar-refractivity contribution in [2.24, 2.45) is 0 Å². The van der Waals surface area contributed by atoms with Crippen molar-refractivity contribution in [3.05, 3.63) is 75.9 Å². The van der Waals surface area contributed by atoms with Gasteiger partial charge in [0.25, 0.3) is 11.6 Å². The van der Waals surface area contributed by atoms with E-state index in [1.54, 1.807) is 17.9 Å². The van der Waals surface area contributed by atoms with E-state index in [4.69, 9.17) is 0 Å². The van der Waals surface area contributed by atoms with E-state index in [1.807, 2.05) is 0 Å². The Morgan fingerprint density at radius 2 is 1.85 bits per heavy atom. The molecule has 0 bridgehead atoms. The number of aromatic nitrogens is 3. The summed E-state index contributed by atoms with van der Waals surface area (Å²) in [5, 5.41) is 19.0. The highest BCUT2D eigenvalue weighted by Gasteiger charge is 2.29. The first-order valence-corrected chi connectivity index (χ1v) is 11.9. The molecule has 2 heterocycles. The largest absolute Gasteiger partial charge is 0.337 e. The van der Waals surface area contributed by atoms with Gasteiger partial charge in [0.05, 0.1) is 21.2 Å². The molecule has 1 amide bonds. The van der Waals surface area contributed by atoms with Crippen LogP contribution in [0.5, 0.6) is 0 Å². The summed E-state index contributed by atoms with van der Waals surface area (Å²) >= 11 is 0. The fraction of sp³-hybridized carbons (Fsp3) is 0.286. The second-order valence-corrected chi connectivity index (χ2v) is 9.57. The van der Waals surface area contributed by atoms with Gasteiger partial charge < -0.3 is 4.90 Å². The van der Waals surface area contributed by atoms with E-state index < -0.39 is 20.8 Å². The molecule has 0 atom stereocenters. The van der Waals surface area contributed by atoms with Crippen LogP contribution in [0.3, 0.4) is 0 Å². The molecule has 1 N–H and O–H groups in total. The number of nitrogens with zero attached hydrogens (tertiary/aromatic N) is 5. The molecule has 1 aromatic heterocycles. The molecular formula is C21H21FN6O5S. The second-order valence-electron chi connectivity index (χ2n) is 7.85. The number of non-ortho nitro benzene ring substituents is 1. The maximum atomic E-state index is 13.1. The number of rotatable bonds is 6. The third-order valence-corrected chi connectivity index (χ3v) is 7.15. The number of hydrogen-bond donors (Lipinski definition) is 1. The van der Waals surface area contributed by atoms with E-state index in [-0.39, 0.29) is 28.2 Å². The lowest BCUT2D eigenvalue weighted by Crippen LogP contribution is -2.46. The summed E-state index contributed by atoms with van der Waals surface area (Å²) in [5.74, 6) is -0.877. The van der Waals surface area contributed by atoms with Crippen molar-refractivity contribution < 1.29 is 22.5 Å². The van der Waals surface area contributed by atoms with E-state index >= 15 is 0 Å². The number of nitro benzene ring substituents is 1. The number of amides is 1. The Morgan fingerprint density at radius 1 is 1.18 bits per heavy atom. The average Bonchev–Trinajstić information content (AvgIpc) is 3.20. The standard InChI is InChI=1S/C21H21FN6O5S/c1-14-20(23-25-27(14)17-3-2-4-18(13-17)28(30)31)21(29)26-11-9-16(10-12-26)24-34(32,33)19-7-5-15(22)6-8-19/h2-8,13,16,24H,9-12H2,1H3. The Balaban J connectivity index is 1.42. The van der Waals surface area contributed by atoms with Crippen molar-refractivity contribution in [2.45, 2.75) is 30.7 Å². The summed E-state index contributed by atoms with van der Waals surface area (Å²) in [6, 6.07) is 10.0. The highest BCUT2D eigenvalue weighted by atomic mass is 32.2. The Labute approximate surface area is 194 Å². The fourth-order valence-electron chi connectivity index (χ4n) is 3.76. The summed E-state index contributed by atoms with van der Waals surface area (Å²) in [7, 11) is -3.80. The van der Waals surface area contributed by atoms with Gasteiger partial charge in [0.2, 0.25) is 10.0 Å². The minimum Gasteiger partial charge on any atom is -0.337 e. The van der Waals surface area contributed by atoms with Gasteiger partial charge in [0, 0.05) is 31.3 Å². The minimum atomic E-state index is -3.80. The maximum Gasteiger partial charge on any atom is 0.276 e. The number of hydrogen-bond acceptors (Lipinski definition) is 7. The lowest BCUT2D eigenvalue weighted by molar-refractivity contribution is -0.384. The van der Waals surface area contributed by atoms with E-state index in [2.05, 4.69) is 15.0 Å². The van der Waals surface area contributed by atoms with Crippen molar-refractivity contribution in [3.63, 3.8) is 0 Å². The average molecular weight is 489 g/mol. The highest BCUT2D eigenvalue weighted by Crippen LogP contribution is 2.21. The molecule has 13 heteroatoms. The van der Waals surface area contributed by atoms with Crippen molar-refractivity contribution in [2.75, 3.05) is 13.1 Å². The molecule has 11 nitrogen and oxygen atoms in total. The molecule has 0 saturated carbocycles. The lowest BCUT2D eigenvalue weighted by Gasteiger charge is -2.31. The van der Waals surface area contributed by atoms with Crippen molar-refractivity contribution >= 4 is 21.6 Å². The van der Waals surface area contributed by atoms with Gasteiger partial charge in [-0.05, 0) is 50.1 Å². The van der Waals surface area contributed by atoms with Crippen LogP contribution >= 0.6 is 0 Å². The first-order valence-electron chi connectivity index (χ1n) is 10.4. The third-order valence-electron chi connectivity index (χ3n) is 5.61. The predicted molar refractivity (Wildman–Crippen MR) is 118 cm³/mol. The topological polar surface area (TPSA) is 140 Å². The minimum absolute atomic E-state index is 0.0270. The quantitative estimate of drug-likeness (QED) is 0.414. The number of nitro groups is 1. The Hall–Kier alpha value is -3.71.